The molecule has 7 rings (SSSR count). The first-order valence-electron chi connectivity index (χ1n) is 12.9. The van der Waals surface area contributed by atoms with Gasteiger partial charge in [0.15, 0.2) is 0 Å². The number of hydrogen-bond donors (Lipinski definition) is 0. The minimum atomic E-state index is -0.897. The lowest BCUT2D eigenvalue weighted by molar-refractivity contribution is -0.384. The second-order valence-electron chi connectivity index (χ2n) is 9.58. The predicted octanol–water partition coefficient (Wildman–Crippen LogP) is 7.72. The maximum atomic E-state index is 11.4. The highest BCUT2D eigenvalue weighted by Crippen LogP contribution is 2.55. The van der Waals surface area contributed by atoms with Crippen LogP contribution in [0.15, 0.2) is 132 Å². The zero-order chi connectivity index (χ0) is 27.3. The molecule has 7 nitrogen and oxygen atoms in total. The third-order valence-corrected chi connectivity index (χ3v) is 8.42. The lowest BCUT2D eigenvalue weighted by Gasteiger charge is -2.47. The molecule has 8 heteroatoms. The summed E-state index contributed by atoms with van der Waals surface area (Å²) in [4.78, 5) is 10.1. The number of benzene rings is 5. The predicted molar refractivity (Wildman–Crippen MR) is 163 cm³/mol. The molecule has 0 bridgehead atoms. The Morgan fingerprint density at radius 1 is 0.700 bits per heavy atom. The van der Waals surface area contributed by atoms with E-state index in [-0.39, 0.29) is 10.6 Å². The minimum absolute atomic E-state index is 0.0329. The Morgan fingerprint density at radius 2 is 1.32 bits per heavy atom. The molecule has 0 amide bonds. The molecule has 5 aromatic rings. The molecule has 1 spiro atoms. The van der Waals surface area contributed by atoms with Crippen LogP contribution in [-0.4, -0.2) is 15.7 Å². The zero-order valence-electron chi connectivity index (χ0n) is 21.5. The summed E-state index contributed by atoms with van der Waals surface area (Å²) in [7, 11) is 0. The number of nitro groups is 1. The molecule has 0 saturated carbocycles. The largest absolute Gasteiger partial charge is 0.269 e. The van der Waals surface area contributed by atoms with E-state index in [4.69, 9.17) is 10.2 Å². The standard InChI is InChI=1S/C32H23N5O2S/c1-22-33-35(25-18-20-26(21-19-25)37(38)39)32(40-22)30-17-8-7-15-29(30)31(34-36(32)24-12-3-2-4-13-24)28-16-9-11-23-10-5-6-14-27(23)28/h2-21H,1H3/t32-/m1/s1. The molecule has 0 N–H and O–H groups in total. The van der Waals surface area contributed by atoms with Gasteiger partial charge in [-0.3, -0.25) is 10.1 Å². The van der Waals surface area contributed by atoms with Gasteiger partial charge in [0.2, 0.25) is 4.99 Å². The van der Waals surface area contributed by atoms with Crippen LogP contribution in [0.4, 0.5) is 17.1 Å². The van der Waals surface area contributed by atoms with E-state index in [1.807, 2.05) is 65.5 Å². The molecule has 2 heterocycles. The van der Waals surface area contributed by atoms with Gasteiger partial charge in [0.25, 0.3) is 5.69 Å². The van der Waals surface area contributed by atoms with E-state index in [0.29, 0.717) is 0 Å². The van der Waals surface area contributed by atoms with Gasteiger partial charge < -0.3 is 0 Å². The molecule has 5 aromatic carbocycles. The average molecular weight is 542 g/mol. The maximum absolute atomic E-state index is 11.4. The van der Waals surface area contributed by atoms with Crippen molar-refractivity contribution in [3.8, 4) is 0 Å². The van der Waals surface area contributed by atoms with E-state index in [0.717, 1.165) is 49.6 Å². The van der Waals surface area contributed by atoms with Gasteiger partial charge in [0.05, 0.1) is 27.1 Å². The van der Waals surface area contributed by atoms with Gasteiger partial charge in [0, 0.05) is 28.8 Å². The zero-order valence-corrected chi connectivity index (χ0v) is 22.3. The molecular weight excluding hydrogens is 518 g/mol. The number of rotatable bonds is 4. The van der Waals surface area contributed by atoms with Crippen molar-refractivity contribution in [2.75, 3.05) is 10.0 Å². The summed E-state index contributed by atoms with van der Waals surface area (Å²) in [5.41, 5.74) is 5.62. The van der Waals surface area contributed by atoms with Crippen LogP contribution in [0.5, 0.6) is 0 Å². The van der Waals surface area contributed by atoms with Gasteiger partial charge in [-0.15, -0.1) is 0 Å². The Labute approximate surface area is 235 Å². The molecule has 2 aliphatic rings. The topological polar surface area (TPSA) is 74.3 Å². The smallest absolute Gasteiger partial charge is 0.258 e. The number of para-hydroxylation sites is 1. The summed E-state index contributed by atoms with van der Waals surface area (Å²) >= 11 is 1.61. The molecule has 0 aromatic heterocycles. The van der Waals surface area contributed by atoms with Crippen LogP contribution in [-0.2, 0) is 4.99 Å². The van der Waals surface area contributed by atoms with E-state index in [2.05, 4.69) is 48.5 Å². The first-order chi connectivity index (χ1) is 19.6. The second-order valence-corrected chi connectivity index (χ2v) is 10.9. The molecule has 40 heavy (non-hydrogen) atoms. The number of fused-ring (bicyclic) bond motifs is 3. The Balaban J connectivity index is 1.51. The Bertz CT molecular complexity index is 1830. The second kappa shape index (κ2) is 9.36. The van der Waals surface area contributed by atoms with Crippen molar-refractivity contribution in [1.29, 1.82) is 0 Å². The van der Waals surface area contributed by atoms with Crippen molar-refractivity contribution in [1.82, 2.24) is 0 Å². The monoisotopic (exact) mass is 541 g/mol. The molecule has 194 valence electrons. The molecule has 0 aliphatic carbocycles. The Morgan fingerprint density at radius 3 is 2.12 bits per heavy atom. The summed E-state index contributed by atoms with van der Waals surface area (Å²) < 4.78 is 0. The highest BCUT2D eigenvalue weighted by Gasteiger charge is 2.54. The first-order valence-corrected chi connectivity index (χ1v) is 13.7. The fourth-order valence-electron chi connectivity index (χ4n) is 5.47. The van der Waals surface area contributed by atoms with Gasteiger partial charge >= 0.3 is 0 Å². The fraction of sp³-hybridized carbons (Fsp3) is 0.0625. The van der Waals surface area contributed by atoms with Crippen LogP contribution < -0.4 is 10.0 Å². The molecule has 0 fully saturated rings. The average Bonchev–Trinajstić information content (AvgIpc) is 3.35. The lowest BCUT2D eigenvalue weighted by atomic mass is 9.91. The number of thioether (sulfide) groups is 1. The van der Waals surface area contributed by atoms with Gasteiger partial charge in [-0.2, -0.15) is 10.2 Å². The number of hydrogen-bond acceptors (Lipinski definition) is 7. The number of anilines is 2. The summed E-state index contributed by atoms with van der Waals surface area (Å²) in [5.74, 6) is 0. The van der Waals surface area contributed by atoms with Gasteiger partial charge in [-0.25, -0.2) is 10.0 Å². The molecular formula is C32H23N5O2S. The van der Waals surface area contributed by atoms with Crippen LogP contribution in [0, 0.1) is 10.1 Å². The first kappa shape index (κ1) is 24.1. The van der Waals surface area contributed by atoms with Gasteiger partial charge in [-0.05, 0) is 42.0 Å². The Kier molecular flexibility index (Phi) is 5.64. The Hall–Kier alpha value is -4.95. The SMILES string of the molecule is CC1=NN(c2ccc([N+](=O)[O-])cc2)[C@]2(S1)c1ccccc1C(c1cccc3ccccc13)=NN2c1ccccc1. The highest BCUT2D eigenvalue weighted by molar-refractivity contribution is 8.15. The van der Waals surface area contributed by atoms with Crippen LogP contribution in [0.25, 0.3) is 10.8 Å². The summed E-state index contributed by atoms with van der Waals surface area (Å²) in [6.45, 7) is 1.98. The van der Waals surface area contributed by atoms with Crippen molar-refractivity contribution in [2.45, 2.75) is 11.9 Å². The van der Waals surface area contributed by atoms with Crippen molar-refractivity contribution >= 4 is 50.4 Å². The highest BCUT2D eigenvalue weighted by atomic mass is 32.2. The quantitative estimate of drug-likeness (QED) is 0.172. The van der Waals surface area contributed by atoms with Crippen LogP contribution >= 0.6 is 11.8 Å². The van der Waals surface area contributed by atoms with E-state index >= 15 is 0 Å². The number of non-ortho nitro benzene ring substituents is 1. The van der Waals surface area contributed by atoms with Crippen LogP contribution in [0.3, 0.4) is 0 Å². The normalized spacial score (nSPS) is 18.0. The summed E-state index contributed by atoms with van der Waals surface area (Å²) in [6.07, 6.45) is 0. The number of nitrogens with zero attached hydrogens (tertiary/aromatic N) is 5. The van der Waals surface area contributed by atoms with E-state index in [9.17, 15) is 10.1 Å². The van der Waals surface area contributed by atoms with Crippen LogP contribution in [0.2, 0.25) is 0 Å². The maximum Gasteiger partial charge on any atom is 0.269 e. The molecule has 0 unspecified atom stereocenters. The fourth-order valence-corrected chi connectivity index (χ4v) is 6.76. The van der Waals surface area contributed by atoms with Crippen molar-refractivity contribution in [3.05, 3.63) is 148 Å². The third-order valence-electron chi connectivity index (χ3n) is 7.19. The van der Waals surface area contributed by atoms with Crippen molar-refractivity contribution < 1.29 is 4.92 Å². The summed E-state index contributed by atoms with van der Waals surface area (Å²) in [6, 6.07) is 39.6. The van der Waals surface area contributed by atoms with Gasteiger partial charge in [0.1, 0.15) is 0 Å². The van der Waals surface area contributed by atoms with E-state index < -0.39 is 4.99 Å². The van der Waals surface area contributed by atoms with E-state index in [1.165, 1.54) is 12.1 Å². The third kappa shape index (κ3) is 3.68. The van der Waals surface area contributed by atoms with Crippen LogP contribution in [0.1, 0.15) is 23.6 Å². The number of hydrazone groups is 2. The molecule has 2 aliphatic heterocycles. The lowest BCUT2D eigenvalue weighted by Crippen LogP contribution is -2.54. The number of nitro benzene ring substituents is 1. The minimum Gasteiger partial charge on any atom is -0.258 e. The molecule has 0 radical (unpaired) electrons. The van der Waals surface area contributed by atoms with Crippen molar-refractivity contribution in [3.63, 3.8) is 0 Å². The summed E-state index contributed by atoms with van der Waals surface area (Å²) in [5, 5.41) is 28.9. The van der Waals surface area contributed by atoms with E-state index in [1.54, 1.807) is 23.9 Å². The van der Waals surface area contributed by atoms with Gasteiger partial charge in [-0.1, -0.05) is 96.7 Å². The van der Waals surface area contributed by atoms with Crippen molar-refractivity contribution in [2.24, 2.45) is 10.2 Å². The molecule has 0 saturated heterocycles. The molecule has 1 atom stereocenters.